The van der Waals surface area contributed by atoms with Gasteiger partial charge in [0.2, 0.25) is 0 Å². The van der Waals surface area contributed by atoms with Crippen LogP contribution in [-0.2, 0) is 12.8 Å². The van der Waals surface area contributed by atoms with Crippen LogP contribution in [-0.4, -0.2) is 19.9 Å². The van der Waals surface area contributed by atoms with E-state index in [0.29, 0.717) is 35.5 Å². The highest BCUT2D eigenvalue weighted by Gasteiger charge is 2.58. The first-order chi connectivity index (χ1) is 24.3. The minimum atomic E-state index is 0.275. The molecule has 6 aliphatic carbocycles. The van der Waals surface area contributed by atoms with Crippen molar-refractivity contribution in [3.8, 4) is 22.8 Å². The molecule has 0 unspecified atom stereocenters. The lowest BCUT2D eigenvalue weighted by atomic mass is 9.43. The zero-order valence-electron chi connectivity index (χ0n) is 29.5. The summed E-state index contributed by atoms with van der Waals surface area (Å²) in [5.41, 5.74) is 13.3. The minimum absolute atomic E-state index is 0.275. The molecule has 2 saturated carbocycles. The smallest absolute Gasteiger partial charge is 0.0889 e. The van der Waals surface area contributed by atoms with Crippen LogP contribution in [0, 0.1) is 22.7 Å². The summed E-state index contributed by atoms with van der Waals surface area (Å²) in [6, 6.07) is 31.2. The second kappa shape index (κ2) is 10.9. The van der Waals surface area contributed by atoms with Crippen LogP contribution in [0.3, 0.4) is 0 Å². The number of nitrogens with zero attached hydrogens (tertiary/aromatic N) is 4. The van der Waals surface area contributed by atoms with Gasteiger partial charge in [0.1, 0.15) is 0 Å². The monoisotopic (exact) mass is 652 g/mol. The minimum Gasteiger partial charge on any atom is -0.255 e. The first-order valence-electron chi connectivity index (χ1n) is 18.6. The molecule has 4 nitrogen and oxygen atoms in total. The van der Waals surface area contributed by atoms with Gasteiger partial charge in [-0.3, -0.25) is 19.9 Å². The van der Waals surface area contributed by atoms with E-state index in [4.69, 9.17) is 9.97 Å². The maximum absolute atomic E-state index is 4.97. The van der Waals surface area contributed by atoms with Crippen molar-refractivity contribution in [2.24, 2.45) is 22.7 Å². The van der Waals surface area contributed by atoms with Gasteiger partial charge in [-0.2, -0.15) is 0 Å². The van der Waals surface area contributed by atoms with E-state index in [2.05, 4.69) is 123 Å². The molecule has 0 radical (unpaired) electrons. The standard InChI is InChI=1S/C46H44N4/c1-45(2)37-23-39(45)35-25-49-43(41-13-7-9-15-47-41)21-31(35)33(37)19-27-17-28-11-5-6-12-30(28)29(18-27)20-34-32-22-44(42-14-8-10-16-48-42)50-26-36(32)40-24-38(34)46(40,3)4/h5-18,21-22,25-26,33-34,37-40H,19-20,23-24H2,1-4H3/t33-,34-,37-,38-,39+,40+/m1/s1. The van der Waals surface area contributed by atoms with E-state index in [1.165, 1.54) is 57.0 Å². The zero-order valence-corrected chi connectivity index (χ0v) is 29.5. The molecule has 4 heteroatoms. The number of benzene rings is 2. The number of pyridine rings is 4. The molecular weight excluding hydrogens is 609 g/mol. The van der Waals surface area contributed by atoms with Crippen molar-refractivity contribution in [1.29, 1.82) is 0 Å². The van der Waals surface area contributed by atoms with E-state index < -0.39 is 0 Å². The average Bonchev–Trinajstić information content (AvgIpc) is 3.14. The first kappa shape index (κ1) is 30.2. The Morgan fingerprint density at radius 2 is 1.08 bits per heavy atom. The van der Waals surface area contributed by atoms with Crippen LogP contribution in [0.2, 0.25) is 0 Å². The van der Waals surface area contributed by atoms with Crippen molar-refractivity contribution in [3.05, 3.63) is 143 Å². The molecular formula is C46H44N4. The quantitative estimate of drug-likeness (QED) is 0.180. The van der Waals surface area contributed by atoms with Crippen LogP contribution in [0.1, 0.15) is 97.6 Å². The molecule has 0 aliphatic heterocycles. The predicted molar refractivity (Wildman–Crippen MR) is 201 cm³/mol. The summed E-state index contributed by atoms with van der Waals surface area (Å²) < 4.78 is 0. The van der Waals surface area contributed by atoms with Crippen LogP contribution in [0.25, 0.3) is 33.5 Å². The lowest BCUT2D eigenvalue weighted by molar-refractivity contribution is -0.00608. The summed E-state index contributed by atoms with van der Waals surface area (Å²) in [7, 11) is 0. The SMILES string of the molecule is CC1(C)[C@@H]2C[C@H]1c1cnc(-c3ccccn3)cc1[C@H]2Cc1cc(C[C@@H]2c3cc(-c4ccccn4)ncc3[C@@H]3C[C@H]2C3(C)C)c2ccccc2c1. The maximum atomic E-state index is 4.97. The number of aromatic nitrogens is 4. The van der Waals surface area contributed by atoms with Gasteiger partial charge in [0.25, 0.3) is 0 Å². The molecule has 12 rings (SSSR count). The van der Waals surface area contributed by atoms with Crippen LogP contribution >= 0.6 is 0 Å². The van der Waals surface area contributed by atoms with Crippen molar-refractivity contribution >= 4 is 10.8 Å². The van der Waals surface area contributed by atoms with E-state index >= 15 is 0 Å². The Morgan fingerprint density at radius 3 is 1.62 bits per heavy atom. The molecule has 6 aliphatic rings. The van der Waals surface area contributed by atoms with Gasteiger partial charge in [0, 0.05) is 24.8 Å². The Balaban J connectivity index is 1.05. The van der Waals surface area contributed by atoms with Gasteiger partial charge in [-0.1, -0.05) is 76.2 Å². The van der Waals surface area contributed by atoms with Crippen LogP contribution in [0.4, 0.5) is 0 Å². The Morgan fingerprint density at radius 1 is 0.540 bits per heavy atom. The van der Waals surface area contributed by atoms with E-state index in [1.54, 1.807) is 0 Å². The molecule has 50 heavy (non-hydrogen) atoms. The highest BCUT2D eigenvalue weighted by atomic mass is 14.8. The number of hydrogen-bond donors (Lipinski definition) is 0. The van der Waals surface area contributed by atoms with Gasteiger partial charge in [-0.05, 0) is 153 Å². The summed E-state index contributed by atoms with van der Waals surface area (Å²) >= 11 is 0. The van der Waals surface area contributed by atoms with Crippen molar-refractivity contribution < 1.29 is 0 Å². The Labute approximate surface area is 295 Å². The summed E-state index contributed by atoms with van der Waals surface area (Å²) in [6.45, 7) is 9.96. The molecule has 2 aromatic carbocycles. The maximum Gasteiger partial charge on any atom is 0.0889 e. The largest absolute Gasteiger partial charge is 0.255 e. The Bertz CT molecular complexity index is 2270. The van der Waals surface area contributed by atoms with Gasteiger partial charge in [0.05, 0.1) is 22.8 Å². The molecule has 0 spiro atoms. The van der Waals surface area contributed by atoms with Gasteiger partial charge < -0.3 is 0 Å². The fourth-order valence-electron chi connectivity index (χ4n) is 11.0. The third kappa shape index (κ3) is 4.43. The third-order valence-electron chi connectivity index (χ3n) is 13.9. The second-order valence-electron chi connectivity index (χ2n) is 16.9. The fourth-order valence-corrected chi connectivity index (χ4v) is 11.0. The molecule has 2 fully saturated rings. The molecule has 0 amide bonds. The van der Waals surface area contributed by atoms with E-state index in [0.717, 1.165) is 35.6 Å². The van der Waals surface area contributed by atoms with E-state index in [-0.39, 0.29) is 10.8 Å². The molecule has 248 valence electrons. The van der Waals surface area contributed by atoms with Gasteiger partial charge in [0.15, 0.2) is 0 Å². The van der Waals surface area contributed by atoms with Crippen LogP contribution in [0.5, 0.6) is 0 Å². The normalized spacial score (nSPS) is 26.3. The molecule has 0 saturated heterocycles. The summed E-state index contributed by atoms with van der Waals surface area (Å²) in [4.78, 5) is 19.2. The van der Waals surface area contributed by atoms with E-state index in [1.807, 2.05) is 24.5 Å². The summed E-state index contributed by atoms with van der Waals surface area (Å²) in [5.74, 6) is 3.38. The van der Waals surface area contributed by atoms with Crippen molar-refractivity contribution in [3.63, 3.8) is 0 Å². The number of fused-ring (bicyclic) bond motifs is 1. The van der Waals surface area contributed by atoms with Crippen molar-refractivity contribution in [2.45, 2.75) is 77.0 Å². The number of hydrogen-bond acceptors (Lipinski definition) is 4. The van der Waals surface area contributed by atoms with Crippen molar-refractivity contribution in [2.75, 3.05) is 0 Å². The van der Waals surface area contributed by atoms with Crippen LogP contribution < -0.4 is 0 Å². The fraction of sp³-hybridized carbons (Fsp3) is 0.348. The molecule has 4 heterocycles. The Hall–Kier alpha value is -4.70. The third-order valence-corrected chi connectivity index (χ3v) is 13.9. The van der Waals surface area contributed by atoms with Crippen LogP contribution in [0.15, 0.2) is 110 Å². The Kier molecular flexibility index (Phi) is 6.57. The van der Waals surface area contributed by atoms with E-state index in [9.17, 15) is 0 Å². The van der Waals surface area contributed by atoms with Gasteiger partial charge >= 0.3 is 0 Å². The predicted octanol–water partition coefficient (Wildman–Crippen LogP) is 10.7. The molecule has 6 aromatic rings. The summed E-state index contributed by atoms with van der Waals surface area (Å²) in [5, 5.41) is 2.75. The topological polar surface area (TPSA) is 51.6 Å². The molecule has 6 atom stereocenters. The van der Waals surface area contributed by atoms with Gasteiger partial charge in [-0.15, -0.1) is 0 Å². The molecule has 4 aromatic heterocycles. The van der Waals surface area contributed by atoms with Gasteiger partial charge in [-0.25, -0.2) is 0 Å². The lowest BCUT2D eigenvalue weighted by Gasteiger charge is -2.60. The molecule has 0 N–H and O–H groups in total. The highest BCUT2D eigenvalue weighted by molar-refractivity contribution is 5.86. The lowest BCUT2D eigenvalue weighted by Crippen LogP contribution is -2.51. The highest BCUT2D eigenvalue weighted by Crippen LogP contribution is 2.68. The zero-order chi connectivity index (χ0) is 33.8. The average molecular weight is 653 g/mol. The summed E-state index contributed by atoms with van der Waals surface area (Å²) in [6.07, 6.45) is 12.7. The second-order valence-corrected chi connectivity index (χ2v) is 16.9. The molecule has 4 bridgehead atoms. The number of rotatable bonds is 6. The van der Waals surface area contributed by atoms with Crippen molar-refractivity contribution in [1.82, 2.24) is 19.9 Å². The first-order valence-corrected chi connectivity index (χ1v) is 18.6.